The Balaban J connectivity index is 1.07. The molecule has 0 aromatic heterocycles. The van der Waals surface area contributed by atoms with Crippen molar-refractivity contribution in [2.75, 3.05) is 37.7 Å². The standard InChI is InChI=1S/C37H58N2O3S/c1-34(2)29(27-8-7-26(24-27)25-40)11-15-36(4)32(34)13-16-35(3)30-12-17-37(14-5-6-31(37)28(30)9-10-33(35)36)38-18-19-39-20-22-43(41,42)23-21-39/h11,24-26,28,30-33,38H,5-10,12-23H2,1-4H3/t26?,28?,30?,31-,32?,33?,35?,36?,37?/m1/s1. The topological polar surface area (TPSA) is 66.5 Å². The Morgan fingerprint density at radius 1 is 0.907 bits per heavy atom. The van der Waals surface area contributed by atoms with Gasteiger partial charge in [0.1, 0.15) is 6.29 Å². The van der Waals surface area contributed by atoms with Gasteiger partial charge in [0.05, 0.1) is 11.5 Å². The summed E-state index contributed by atoms with van der Waals surface area (Å²) in [5.41, 5.74) is 4.33. The highest BCUT2D eigenvalue weighted by Gasteiger charge is 2.65. The molecule has 240 valence electrons. The van der Waals surface area contributed by atoms with Crippen LogP contribution in [0.25, 0.3) is 0 Å². The maximum atomic E-state index is 11.9. The van der Waals surface area contributed by atoms with Gasteiger partial charge in [-0.3, -0.25) is 0 Å². The molecule has 1 N–H and O–H groups in total. The first-order valence-electron chi connectivity index (χ1n) is 18.0. The summed E-state index contributed by atoms with van der Waals surface area (Å²) in [4.78, 5) is 13.9. The molecule has 1 aliphatic heterocycles. The van der Waals surface area contributed by atoms with Crippen LogP contribution in [0.4, 0.5) is 0 Å². The summed E-state index contributed by atoms with van der Waals surface area (Å²) in [6, 6.07) is 0. The molecule has 0 bridgehead atoms. The van der Waals surface area contributed by atoms with Crippen molar-refractivity contribution in [3.05, 3.63) is 23.3 Å². The van der Waals surface area contributed by atoms with Gasteiger partial charge in [0.15, 0.2) is 9.84 Å². The van der Waals surface area contributed by atoms with E-state index in [-0.39, 0.29) is 11.3 Å². The zero-order valence-electron chi connectivity index (χ0n) is 27.5. The van der Waals surface area contributed by atoms with Crippen molar-refractivity contribution in [1.82, 2.24) is 10.2 Å². The Bertz CT molecular complexity index is 1270. The molecule has 0 amide bonds. The Morgan fingerprint density at radius 3 is 2.44 bits per heavy atom. The van der Waals surface area contributed by atoms with E-state index >= 15 is 0 Å². The quantitative estimate of drug-likeness (QED) is 0.344. The molecule has 6 heteroatoms. The SMILES string of the molecule is CC1(C)C(C2=CC(C=O)CC2)=CCC2(C)C1CCC1(C)C3CCC4(NCCN5CCS(=O)(=O)CC5)CCC[C@@H]4C3CCC12. The second-order valence-electron chi connectivity index (χ2n) is 17.2. The molecule has 7 aliphatic rings. The van der Waals surface area contributed by atoms with E-state index in [0.29, 0.717) is 46.9 Å². The summed E-state index contributed by atoms with van der Waals surface area (Å²) >= 11 is 0. The van der Waals surface area contributed by atoms with E-state index in [9.17, 15) is 13.2 Å². The second kappa shape index (κ2) is 10.8. The monoisotopic (exact) mass is 610 g/mol. The van der Waals surface area contributed by atoms with Gasteiger partial charge in [-0.05, 0) is 128 Å². The van der Waals surface area contributed by atoms with Gasteiger partial charge in [-0.15, -0.1) is 0 Å². The van der Waals surface area contributed by atoms with Crippen molar-refractivity contribution in [3.63, 3.8) is 0 Å². The molecule has 1 heterocycles. The van der Waals surface area contributed by atoms with E-state index in [1.165, 1.54) is 69.8 Å². The summed E-state index contributed by atoms with van der Waals surface area (Å²) < 4.78 is 23.8. The van der Waals surface area contributed by atoms with Crippen molar-refractivity contribution in [3.8, 4) is 0 Å². The van der Waals surface area contributed by atoms with Crippen LogP contribution in [0.3, 0.4) is 0 Å². The van der Waals surface area contributed by atoms with Gasteiger partial charge < -0.3 is 15.0 Å². The lowest BCUT2D eigenvalue weighted by Gasteiger charge is -2.68. The van der Waals surface area contributed by atoms with Crippen LogP contribution >= 0.6 is 0 Å². The van der Waals surface area contributed by atoms with E-state index in [1.807, 2.05) is 0 Å². The van der Waals surface area contributed by atoms with Gasteiger partial charge in [-0.25, -0.2) is 8.42 Å². The minimum atomic E-state index is -2.81. The van der Waals surface area contributed by atoms with Gasteiger partial charge in [0.25, 0.3) is 0 Å². The normalized spacial score (nSPS) is 47.0. The summed E-state index contributed by atoms with van der Waals surface area (Å²) in [6.45, 7) is 13.9. The Morgan fingerprint density at radius 2 is 1.70 bits per heavy atom. The summed E-state index contributed by atoms with van der Waals surface area (Å²) in [5.74, 6) is 4.82. The number of carbonyl (C=O) groups is 1. The Kier molecular flexibility index (Phi) is 7.70. The second-order valence-corrected chi connectivity index (χ2v) is 19.5. The number of aldehydes is 1. The minimum Gasteiger partial charge on any atom is -0.310 e. The molecule has 5 fully saturated rings. The summed E-state index contributed by atoms with van der Waals surface area (Å²) in [7, 11) is -2.81. The van der Waals surface area contributed by atoms with Crippen LogP contribution in [0.1, 0.15) is 105 Å². The lowest BCUT2D eigenvalue weighted by atomic mass is 9.37. The highest BCUT2D eigenvalue weighted by atomic mass is 32.2. The third-order valence-electron chi connectivity index (χ3n) is 15.1. The molecule has 5 nitrogen and oxygen atoms in total. The number of fused-ring (bicyclic) bond motifs is 7. The predicted octanol–water partition coefficient (Wildman–Crippen LogP) is 6.60. The first-order valence-corrected chi connectivity index (χ1v) is 19.8. The van der Waals surface area contributed by atoms with Crippen LogP contribution in [-0.4, -0.2) is 62.8 Å². The van der Waals surface area contributed by atoms with Gasteiger partial charge in [-0.1, -0.05) is 46.3 Å². The predicted molar refractivity (Wildman–Crippen MR) is 174 cm³/mol. The molecule has 43 heavy (non-hydrogen) atoms. The average molecular weight is 611 g/mol. The van der Waals surface area contributed by atoms with Crippen LogP contribution in [0, 0.1) is 51.8 Å². The Hall–Kier alpha value is -0.980. The van der Waals surface area contributed by atoms with Crippen molar-refractivity contribution < 1.29 is 13.2 Å². The number of rotatable bonds is 6. The number of hydrogen-bond donors (Lipinski definition) is 1. The van der Waals surface area contributed by atoms with Crippen molar-refractivity contribution in [1.29, 1.82) is 0 Å². The molecule has 7 rings (SSSR count). The molecule has 9 atom stereocenters. The number of sulfone groups is 1. The van der Waals surface area contributed by atoms with Crippen LogP contribution in [0.15, 0.2) is 23.3 Å². The fourth-order valence-electron chi connectivity index (χ4n) is 13.2. The van der Waals surface area contributed by atoms with Crippen LogP contribution in [0.2, 0.25) is 0 Å². The molecule has 1 saturated heterocycles. The van der Waals surface area contributed by atoms with Crippen molar-refractivity contribution in [2.24, 2.45) is 51.8 Å². The number of nitrogens with one attached hydrogen (secondary N) is 1. The molecule has 6 aliphatic carbocycles. The van der Waals surface area contributed by atoms with Gasteiger partial charge in [0.2, 0.25) is 0 Å². The molecule has 0 spiro atoms. The smallest absolute Gasteiger partial charge is 0.152 e. The fourth-order valence-corrected chi connectivity index (χ4v) is 14.5. The maximum absolute atomic E-state index is 11.9. The van der Waals surface area contributed by atoms with Crippen LogP contribution < -0.4 is 5.32 Å². The van der Waals surface area contributed by atoms with Crippen LogP contribution in [0.5, 0.6) is 0 Å². The Labute approximate surface area is 262 Å². The third kappa shape index (κ3) is 4.89. The van der Waals surface area contributed by atoms with E-state index in [1.54, 1.807) is 5.57 Å². The zero-order chi connectivity index (χ0) is 30.3. The minimum absolute atomic E-state index is 0.122. The zero-order valence-corrected chi connectivity index (χ0v) is 28.3. The highest BCUT2D eigenvalue weighted by Crippen LogP contribution is 2.72. The van der Waals surface area contributed by atoms with Gasteiger partial charge in [0, 0.05) is 37.6 Å². The van der Waals surface area contributed by atoms with E-state index < -0.39 is 9.84 Å². The lowest BCUT2D eigenvalue weighted by Crippen LogP contribution is -2.64. The number of hydrogen-bond acceptors (Lipinski definition) is 5. The van der Waals surface area contributed by atoms with Crippen molar-refractivity contribution >= 4 is 16.1 Å². The number of nitrogens with zero attached hydrogens (tertiary/aromatic N) is 1. The fraction of sp³-hybridized carbons (Fsp3) is 0.865. The van der Waals surface area contributed by atoms with E-state index in [0.717, 1.165) is 55.9 Å². The van der Waals surface area contributed by atoms with Gasteiger partial charge in [-0.2, -0.15) is 0 Å². The van der Waals surface area contributed by atoms with Crippen molar-refractivity contribution in [2.45, 2.75) is 110 Å². The molecule has 0 aromatic rings. The summed E-state index contributed by atoms with van der Waals surface area (Å²) in [5, 5.41) is 4.16. The third-order valence-corrected chi connectivity index (χ3v) is 16.7. The van der Waals surface area contributed by atoms with E-state index in [2.05, 4.69) is 50.1 Å². The first kappa shape index (κ1) is 30.7. The molecule has 0 aromatic carbocycles. The molecule has 4 saturated carbocycles. The van der Waals surface area contributed by atoms with Crippen LogP contribution in [-0.2, 0) is 14.6 Å². The van der Waals surface area contributed by atoms with Gasteiger partial charge >= 0.3 is 0 Å². The first-order chi connectivity index (χ1) is 20.4. The average Bonchev–Trinajstić information content (AvgIpc) is 3.61. The lowest BCUT2D eigenvalue weighted by molar-refractivity contribution is -0.175. The van der Waals surface area contributed by atoms with E-state index in [4.69, 9.17) is 0 Å². The number of allylic oxidation sites excluding steroid dienone is 4. The molecular weight excluding hydrogens is 552 g/mol. The maximum Gasteiger partial charge on any atom is 0.152 e. The highest BCUT2D eigenvalue weighted by molar-refractivity contribution is 7.91. The molecule has 8 unspecified atom stereocenters. The molecule has 0 radical (unpaired) electrons. The summed E-state index contributed by atoms with van der Waals surface area (Å²) in [6.07, 6.45) is 21.7. The molecular formula is C37H58N2O3S. The largest absolute Gasteiger partial charge is 0.310 e. The number of carbonyl (C=O) groups excluding carboxylic acids is 1.